The fraction of sp³-hybridized carbons (Fsp3) is 0.133. The molecule has 0 aromatic heterocycles. The quantitative estimate of drug-likeness (QED) is 0.826. The maximum absolute atomic E-state index is 13.5. The molecule has 2 rings (SSSR count). The second-order valence-electron chi connectivity index (χ2n) is 4.27. The van der Waals surface area contributed by atoms with E-state index in [0.29, 0.717) is 11.4 Å². The predicted octanol–water partition coefficient (Wildman–Crippen LogP) is 3.45. The van der Waals surface area contributed by atoms with Crippen molar-refractivity contribution >= 4 is 11.4 Å². The average molecular weight is 255 g/mol. The van der Waals surface area contributed by atoms with Crippen molar-refractivity contribution in [2.45, 2.75) is 13.0 Å². The molecule has 0 aliphatic heterocycles. The molecular formula is C15H14FN3. The number of anilines is 2. The molecule has 0 saturated carbocycles. The van der Waals surface area contributed by atoms with Crippen LogP contribution in [0.1, 0.15) is 24.1 Å². The van der Waals surface area contributed by atoms with Gasteiger partial charge in [-0.2, -0.15) is 5.26 Å². The minimum atomic E-state index is -0.527. The number of nitrogens with two attached hydrogens (primary N) is 1. The van der Waals surface area contributed by atoms with E-state index in [2.05, 4.69) is 5.32 Å². The number of hydrogen-bond acceptors (Lipinski definition) is 3. The van der Waals surface area contributed by atoms with Gasteiger partial charge < -0.3 is 11.1 Å². The van der Waals surface area contributed by atoms with Gasteiger partial charge in [-0.25, -0.2) is 4.39 Å². The summed E-state index contributed by atoms with van der Waals surface area (Å²) in [4.78, 5) is 0. The Morgan fingerprint density at radius 2 is 1.95 bits per heavy atom. The van der Waals surface area contributed by atoms with E-state index in [1.807, 2.05) is 37.3 Å². The molecule has 0 heterocycles. The number of nitrogen functional groups attached to an aromatic ring is 1. The summed E-state index contributed by atoms with van der Waals surface area (Å²) in [6.07, 6.45) is 0. The number of halogens is 1. The molecule has 0 fully saturated rings. The third kappa shape index (κ3) is 2.66. The summed E-state index contributed by atoms with van der Waals surface area (Å²) < 4.78 is 13.5. The van der Waals surface area contributed by atoms with Crippen molar-refractivity contribution in [1.29, 1.82) is 5.26 Å². The molecule has 96 valence electrons. The van der Waals surface area contributed by atoms with Crippen molar-refractivity contribution < 1.29 is 4.39 Å². The molecule has 3 nitrogen and oxygen atoms in total. The Kier molecular flexibility index (Phi) is 3.67. The Bertz CT molecular complexity index is 632. The molecule has 2 aromatic carbocycles. The molecule has 1 atom stereocenters. The minimum absolute atomic E-state index is 0.0175. The van der Waals surface area contributed by atoms with Gasteiger partial charge in [0.1, 0.15) is 17.4 Å². The summed E-state index contributed by atoms with van der Waals surface area (Å²) in [6.45, 7) is 1.91. The molecule has 0 amide bonds. The first-order valence-electron chi connectivity index (χ1n) is 5.93. The molecule has 0 aliphatic carbocycles. The summed E-state index contributed by atoms with van der Waals surface area (Å²) in [6, 6.07) is 13.7. The molecule has 0 aliphatic rings. The van der Waals surface area contributed by atoms with Gasteiger partial charge in [0.25, 0.3) is 0 Å². The van der Waals surface area contributed by atoms with Crippen LogP contribution < -0.4 is 11.1 Å². The van der Waals surface area contributed by atoms with Crippen molar-refractivity contribution in [3.05, 3.63) is 59.4 Å². The van der Waals surface area contributed by atoms with E-state index in [-0.39, 0.29) is 11.6 Å². The Morgan fingerprint density at radius 1 is 1.21 bits per heavy atom. The molecule has 0 spiro atoms. The van der Waals surface area contributed by atoms with Crippen LogP contribution in [0.25, 0.3) is 0 Å². The van der Waals surface area contributed by atoms with E-state index in [0.717, 1.165) is 5.56 Å². The first-order chi connectivity index (χ1) is 9.13. The largest absolute Gasteiger partial charge is 0.398 e. The molecule has 4 heteroatoms. The molecule has 0 saturated heterocycles. The molecular weight excluding hydrogens is 241 g/mol. The predicted molar refractivity (Wildman–Crippen MR) is 74.0 cm³/mol. The van der Waals surface area contributed by atoms with Gasteiger partial charge in [-0.05, 0) is 30.7 Å². The second-order valence-corrected chi connectivity index (χ2v) is 4.27. The second kappa shape index (κ2) is 5.40. The Hall–Kier alpha value is -2.54. The SMILES string of the molecule is CC(Nc1cccc(F)c1C#N)c1ccccc1N. The highest BCUT2D eigenvalue weighted by molar-refractivity contribution is 5.60. The summed E-state index contributed by atoms with van der Waals surface area (Å²) in [5.74, 6) is -0.527. The van der Waals surface area contributed by atoms with Gasteiger partial charge in [0, 0.05) is 5.69 Å². The minimum Gasteiger partial charge on any atom is -0.398 e. The van der Waals surface area contributed by atoms with Crippen LogP contribution in [0.15, 0.2) is 42.5 Å². The third-order valence-corrected chi connectivity index (χ3v) is 2.96. The fourth-order valence-electron chi connectivity index (χ4n) is 1.97. The molecule has 19 heavy (non-hydrogen) atoms. The zero-order valence-corrected chi connectivity index (χ0v) is 10.5. The summed E-state index contributed by atoms with van der Waals surface area (Å²) in [7, 11) is 0. The van der Waals surface area contributed by atoms with Crippen molar-refractivity contribution in [2.75, 3.05) is 11.1 Å². The molecule has 0 bridgehead atoms. The average Bonchev–Trinajstić information content (AvgIpc) is 2.39. The van der Waals surface area contributed by atoms with Gasteiger partial charge in [0.2, 0.25) is 0 Å². The first kappa shape index (κ1) is 12.9. The van der Waals surface area contributed by atoms with Crippen molar-refractivity contribution in [1.82, 2.24) is 0 Å². The lowest BCUT2D eigenvalue weighted by Gasteiger charge is -2.18. The number of para-hydroxylation sites is 1. The number of hydrogen-bond donors (Lipinski definition) is 2. The lowest BCUT2D eigenvalue weighted by Crippen LogP contribution is -2.10. The van der Waals surface area contributed by atoms with Crippen LogP contribution in [0.2, 0.25) is 0 Å². The van der Waals surface area contributed by atoms with Gasteiger partial charge in [-0.1, -0.05) is 24.3 Å². The molecule has 0 radical (unpaired) electrons. The zero-order valence-electron chi connectivity index (χ0n) is 10.5. The molecule has 2 aromatic rings. The van der Waals surface area contributed by atoms with E-state index < -0.39 is 5.82 Å². The normalized spacial score (nSPS) is 11.6. The monoisotopic (exact) mass is 255 g/mol. The van der Waals surface area contributed by atoms with E-state index in [9.17, 15) is 4.39 Å². The van der Waals surface area contributed by atoms with E-state index >= 15 is 0 Å². The molecule has 3 N–H and O–H groups in total. The highest BCUT2D eigenvalue weighted by Gasteiger charge is 2.12. The van der Waals surface area contributed by atoms with E-state index in [1.54, 1.807) is 12.1 Å². The maximum atomic E-state index is 13.5. The van der Waals surface area contributed by atoms with Gasteiger partial charge in [0.15, 0.2) is 0 Å². The Labute approximate surface area is 111 Å². The van der Waals surface area contributed by atoms with Crippen LogP contribution in [-0.2, 0) is 0 Å². The fourth-order valence-corrected chi connectivity index (χ4v) is 1.97. The van der Waals surface area contributed by atoms with E-state index in [1.165, 1.54) is 6.07 Å². The van der Waals surface area contributed by atoms with Crippen LogP contribution in [0.4, 0.5) is 15.8 Å². The molecule has 1 unspecified atom stereocenters. The van der Waals surface area contributed by atoms with Gasteiger partial charge in [-0.15, -0.1) is 0 Å². The third-order valence-electron chi connectivity index (χ3n) is 2.96. The number of rotatable bonds is 3. The number of nitriles is 1. The first-order valence-corrected chi connectivity index (χ1v) is 5.93. The lowest BCUT2D eigenvalue weighted by atomic mass is 10.1. The van der Waals surface area contributed by atoms with Crippen molar-refractivity contribution in [2.24, 2.45) is 0 Å². The van der Waals surface area contributed by atoms with Gasteiger partial charge in [-0.3, -0.25) is 0 Å². The van der Waals surface area contributed by atoms with Crippen LogP contribution in [-0.4, -0.2) is 0 Å². The van der Waals surface area contributed by atoms with Crippen molar-refractivity contribution in [3.63, 3.8) is 0 Å². The highest BCUT2D eigenvalue weighted by Crippen LogP contribution is 2.26. The Morgan fingerprint density at radius 3 is 2.63 bits per heavy atom. The van der Waals surface area contributed by atoms with Crippen LogP contribution in [0.5, 0.6) is 0 Å². The van der Waals surface area contributed by atoms with Crippen molar-refractivity contribution in [3.8, 4) is 6.07 Å². The van der Waals surface area contributed by atoms with E-state index in [4.69, 9.17) is 11.0 Å². The standard InChI is InChI=1S/C15H14FN3/c1-10(11-5-2-3-7-14(11)18)19-15-8-4-6-13(16)12(15)9-17/h2-8,10,19H,18H2,1H3. The lowest BCUT2D eigenvalue weighted by molar-refractivity contribution is 0.624. The topological polar surface area (TPSA) is 61.8 Å². The summed E-state index contributed by atoms with van der Waals surface area (Å²) >= 11 is 0. The maximum Gasteiger partial charge on any atom is 0.143 e. The number of nitrogens with zero attached hydrogens (tertiary/aromatic N) is 1. The number of benzene rings is 2. The van der Waals surface area contributed by atoms with Crippen LogP contribution >= 0.6 is 0 Å². The van der Waals surface area contributed by atoms with Crippen LogP contribution in [0, 0.1) is 17.1 Å². The van der Waals surface area contributed by atoms with Gasteiger partial charge >= 0.3 is 0 Å². The summed E-state index contributed by atoms with van der Waals surface area (Å²) in [5.41, 5.74) is 7.96. The smallest absolute Gasteiger partial charge is 0.143 e. The Balaban J connectivity index is 2.30. The zero-order chi connectivity index (χ0) is 13.8. The highest BCUT2D eigenvalue weighted by atomic mass is 19.1. The number of nitrogens with one attached hydrogen (secondary N) is 1. The van der Waals surface area contributed by atoms with Crippen LogP contribution in [0.3, 0.4) is 0 Å². The van der Waals surface area contributed by atoms with Gasteiger partial charge in [0.05, 0.1) is 11.7 Å². The summed E-state index contributed by atoms with van der Waals surface area (Å²) in [5, 5.41) is 12.1.